The normalized spacial score (nSPS) is 23.4. The van der Waals surface area contributed by atoms with Crippen molar-refractivity contribution < 1.29 is 4.79 Å². The Bertz CT molecular complexity index is 592. The predicted octanol–water partition coefficient (Wildman–Crippen LogP) is 3.51. The number of aromatic nitrogens is 1. The third kappa shape index (κ3) is 3.63. The van der Waals surface area contributed by atoms with Gasteiger partial charge in [0.1, 0.15) is 4.49 Å². The molecule has 2 rings (SSSR count). The second kappa shape index (κ2) is 6.16. The maximum atomic E-state index is 12.2. The second-order valence-corrected chi connectivity index (χ2v) is 6.70. The van der Waals surface area contributed by atoms with Crippen LogP contribution in [0.4, 0.5) is 0 Å². The van der Waals surface area contributed by atoms with Crippen LogP contribution in [0, 0.1) is 17.3 Å². The fourth-order valence-electron chi connectivity index (χ4n) is 2.49. The molecule has 1 aromatic rings. The van der Waals surface area contributed by atoms with E-state index in [-0.39, 0.29) is 27.6 Å². The number of nitrogens with one attached hydrogen (secondary N) is 1. The number of pyridine rings is 1. The van der Waals surface area contributed by atoms with Gasteiger partial charge in [-0.25, -0.2) is 5.43 Å². The summed E-state index contributed by atoms with van der Waals surface area (Å²) in [5.74, 6) is -0.248. The Labute approximate surface area is 134 Å². The molecule has 0 radical (unpaired) electrons. The minimum Gasteiger partial charge on any atom is -0.273 e. The minimum atomic E-state index is -0.168. The highest BCUT2D eigenvalue weighted by atomic mass is 35.5. The summed E-state index contributed by atoms with van der Waals surface area (Å²) >= 11 is 11.4. The van der Waals surface area contributed by atoms with Gasteiger partial charge in [0.05, 0.1) is 11.6 Å². The minimum absolute atomic E-state index is 0.0407. The van der Waals surface area contributed by atoms with Crippen LogP contribution >= 0.6 is 23.2 Å². The first-order chi connectivity index (χ1) is 9.84. The van der Waals surface area contributed by atoms with Crippen LogP contribution < -0.4 is 5.43 Å². The molecule has 1 N–H and O–H groups in total. The fourth-order valence-corrected chi connectivity index (χ4v) is 2.76. The van der Waals surface area contributed by atoms with Gasteiger partial charge in [0.2, 0.25) is 5.91 Å². The highest BCUT2D eigenvalue weighted by Gasteiger charge is 2.60. The van der Waals surface area contributed by atoms with E-state index in [9.17, 15) is 4.79 Å². The summed E-state index contributed by atoms with van der Waals surface area (Å²) in [6, 6.07) is 3.68. The molecule has 1 amide bonds. The van der Waals surface area contributed by atoms with E-state index in [4.69, 9.17) is 23.2 Å². The molecule has 0 bridgehead atoms. The Morgan fingerprint density at radius 1 is 1.38 bits per heavy atom. The molecule has 2 atom stereocenters. The van der Waals surface area contributed by atoms with Gasteiger partial charge >= 0.3 is 0 Å². The van der Waals surface area contributed by atoms with Crippen molar-refractivity contribution in [3.8, 4) is 0 Å². The predicted molar refractivity (Wildman–Crippen MR) is 85.1 cm³/mol. The Kier molecular flexibility index (Phi) is 4.69. The summed E-state index contributed by atoms with van der Waals surface area (Å²) in [6.07, 6.45) is 5.08. The van der Waals surface area contributed by atoms with Gasteiger partial charge < -0.3 is 0 Å². The molecule has 4 nitrogen and oxygen atoms in total. The molecule has 1 aliphatic carbocycles. The van der Waals surface area contributed by atoms with Crippen LogP contribution in [0.5, 0.6) is 0 Å². The summed E-state index contributed by atoms with van der Waals surface area (Å²) in [7, 11) is 0. The molecule has 0 aliphatic heterocycles. The third-order valence-corrected chi connectivity index (χ3v) is 4.18. The molecule has 1 heterocycles. The average Bonchev–Trinajstić information content (AvgIpc) is 2.97. The number of halogens is 2. The first-order valence-corrected chi connectivity index (χ1v) is 7.37. The second-order valence-electron chi connectivity index (χ2n) is 5.69. The molecule has 0 spiro atoms. The lowest BCUT2D eigenvalue weighted by Crippen LogP contribution is -2.23. The first kappa shape index (κ1) is 16.0. The van der Waals surface area contributed by atoms with Crippen molar-refractivity contribution in [1.82, 2.24) is 10.4 Å². The van der Waals surface area contributed by atoms with Gasteiger partial charge in [0.15, 0.2) is 0 Å². The molecule has 6 heteroatoms. The van der Waals surface area contributed by atoms with Gasteiger partial charge in [-0.05, 0) is 36.5 Å². The molecule has 0 aromatic carbocycles. The molecule has 21 heavy (non-hydrogen) atoms. The van der Waals surface area contributed by atoms with Crippen LogP contribution in [-0.2, 0) is 4.79 Å². The van der Waals surface area contributed by atoms with Crippen molar-refractivity contribution in [3.05, 3.63) is 40.7 Å². The maximum absolute atomic E-state index is 12.2. The first-order valence-electron chi connectivity index (χ1n) is 6.61. The number of hydrazone groups is 1. The van der Waals surface area contributed by atoms with Crippen molar-refractivity contribution >= 4 is 34.8 Å². The van der Waals surface area contributed by atoms with Gasteiger partial charge in [-0.2, -0.15) is 5.10 Å². The average molecular weight is 326 g/mol. The summed E-state index contributed by atoms with van der Waals surface area (Å²) in [5, 5.41) is 4.14. The SMILES string of the molecule is CC(=NNC(=O)C1C(C=C(Cl)Cl)C1(C)C)c1ccncc1. The van der Waals surface area contributed by atoms with Crippen LogP contribution in [0.1, 0.15) is 26.3 Å². The Morgan fingerprint density at radius 3 is 2.57 bits per heavy atom. The lowest BCUT2D eigenvalue weighted by Gasteiger charge is -2.03. The van der Waals surface area contributed by atoms with E-state index in [1.54, 1.807) is 18.5 Å². The third-order valence-electron chi connectivity index (χ3n) is 3.93. The Hall–Kier alpha value is -1.39. The van der Waals surface area contributed by atoms with Gasteiger partial charge in [-0.15, -0.1) is 0 Å². The number of carbonyl (C=O) groups is 1. The van der Waals surface area contributed by atoms with Gasteiger partial charge in [0.25, 0.3) is 0 Å². The van der Waals surface area contributed by atoms with Gasteiger partial charge in [0, 0.05) is 18.0 Å². The van der Waals surface area contributed by atoms with Gasteiger partial charge in [-0.3, -0.25) is 9.78 Å². The van der Waals surface area contributed by atoms with Gasteiger partial charge in [-0.1, -0.05) is 37.0 Å². The Morgan fingerprint density at radius 2 is 2.00 bits per heavy atom. The molecular formula is C15H17Cl2N3O. The monoisotopic (exact) mass is 325 g/mol. The van der Waals surface area contributed by atoms with E-state index in [0.29, 0.717) is 0 Å². The Balaban J connectivity index is 2.02. The summed E-state index contributed by atoms with van der Waals surface area (Å²) < 4.78 is 0.194. The highest BCUT2D eigenvalue weighted by molar-refractivity contribution is 6.55. The van der Waals surface area contributed by atoms with Crippen LogP contribution in [0.25, 0.3) is 0 Å². The molecule has 1 aromatic heterocycles. The number of carbonyl (C=O) groups excluding carboxylic acids is 1. The largest absolute Gasteiger partial charge is 0.273 e. The number of amides is 1. The zero-order valence-electron chi connectivity index (χ0n) is 12.1. The van der Waals surface area contributed by atoms with E-state index in [1.807, 2.05) is 32.9 Å². The van der Waals surface area contributed by atoms with Crippen LogP contribution in [0.15, 0.2) is 40.2 Å². The molecule has 1 fully saturated rings. The standard InChI is InChI=1S/C15H17Cl2N3O/c1-9(10-4-6-18-7-5-10)19-20-14(21)13-11(8-12(16)17)15(13,2)3/h4-8,11,13H,1-3H3,(H,20,21). The van der Waals surface area contributed by atoms with Crippen molar-refractivity contribution in [1.29, 1.82) is 0 Å². The highest BCUT2D eigenvalue weighted by Crippen LogP contribution is 2.59. The topological polar surface area (TPSA) is 54.4 Å². The molecule has 1 aliphatic rings. The van der Waals surface area contributed by atoms with Crippen molar-refractivity contribution in [2.75, 3.05) is 0 Å². The summed E-state index contributed by atoms with van der Waals surface area (Å²) in [5.41, 5.74) is 4.11. The lowest BCUT2D eigenvalue weighted by atomic mass is 10.1. The van der Waals surface area contributed by atoms with Crippen molar-refractivity contribution in [2.45, 2.75) is 20.8 Å². The lowest BCUT2D eigenvalue weighted by molar-refractivity contribution is -0.123. The maximum Gasteiger partial charge on any atom is 0.244 e. The van der Waals surface area contributed by atoms with E-state index in [2.05, 4.69) is 15.5 Å². The van der Waals surface area contributed by atoms with E-state index < -0.39 is 0 Å². The molecule has 112 valence electrons. The zero-order chi connectivity index (χ0) is 15.6. The van der Waals surface area contributed by atoms with Crippen LogP contribution in [-0.4, -0.2) is 16.6 Å². The number of hydrogen-bond acceptors (Lipinski definition) is 3. The number of rotatable bonds is 4. The van der Waals surface area contributed by atoms with E-state index in [1.165, 1.54) is 0 Å². The summed E-state index contributed by atoms with van der Waals surface area (Å²) in [6.45, 7) is 5.85. The molecule has 0 saturated heterocycles. The van der Waals surface area contributed by atoms with E-state index >= 15 is 0 Å². The quantitative estimate of drug-likeness (QED) is 0.680. The summed E-state index contributed by atoms with van der Waals surface area (Å²) in [4.78, 5) is 16.1. The number of allylic oxidation sites excluding steroid dienone is 1. The number of hydrogen-bond donors (Lipinski definition) is 1. The smallest absolute Gasteiger partial charge is 0.244 e. The fraction of sp³-hybridized carbons (Fsp3) is 0.400. The van der Waals surface area contributed by atoms with Crippen molar-refractivity contribution in [3.63, 3.8) is 0 Å². The van der Waals surface area contributed by atoms with Crippen LogP contribution in [0.3, 0.4) is 0 Å². The molecular weight excluding hydrogens is 309 g/mol. The van der Waals surface area contributed by atoms with E-state index in [0.717, 1.165) is 11.3 Å². The van der Waals surface area contributed by atoms with Crippen molar-refractivity contribution in [2.24, 2.45) is 22.4 Å². The van der Waals surface area contributed by atoms with Crippen LogP contribution in [0.2, 0.25) is 0 Å². The zero-order valence-corrected chi connectivity index (χ0v) is 13.6. The number of nitrogens with zero attached hydrogens (tertiary/aromatic N) is 2. The molecule has 2 unspecified atom stereocenters. The molecule has 1 saturated carbocycles.